The first-order valence-corrected chi connectivity index (χ1v) is 8.21. The summed E-state index contributed by atoms with van der Waals surface area (Å²) in [5.41, 5.74) is -0.0689. The summed E-state index contributed by atoms with van der Waals surface area (Å²) >= 11 is 0. The van der Waals surface area contributed by atoms with E-state index in [1.54, 1.807) is 19.1 Å². The number of esters is 1. The van der Waals surface area contributed by atoms with Crippen LogP contribution in [0.4, 0.5) is 0 Å². The Balaban J connectivity index is 2.47. The van der Waals surface area contributed by atoms with E-state index in [0.717, 1.165) is 5.56 Å². The summed E-state index contributed by atoms with van der Waals surface area (Å²) in [5.74, 6) is -0.454. The van der Waals surface area contributed by atoms with E-state index in [1.165, 1.54) is 0 Å². The van der Waals surface area contributed by atoms with Crippen LogP contribution in [0.2, 0.25) is 0 Å². The smallest absolute Gasteiger partial charge is 0.309 e. The average molecular weight is 328 g/mol. The lowest BCUT2D eigenvalue weighted by Gasteiger charge is -2.36. The molecular weight excluding hydrogens is 304 g/mol. The van der Waals surface area contributed by atoms with Crippen LogP contribution in [0.3, 0.4) is 0 Å². The average Bonchev–Trinajstić information content (AvgIpc) is 2.61. The molecule has 2 aromatic rings. The normalized spacial score (nSPS) is 14.6. The topological polar surface area (TPSA) is 55.8 Å². The van der Waals surface area contributed by atoms with E-state index < -0.39 is 17.7 Å². The number of ether oxygens (including phenoxy) is 2. The molecule has 0 unspecified atom stereocenters. The summed E-state index contributed by atoms with van der Waals surface area (Å²) in [5, 5.41) is 11.5. The van der Waals surface area contributed by atoms with Gasteiger partial charge in [0, 0.05) is 6.61 Å². The molecule has 0 aromatic heterocycles. The van der Waals surface area contributed by atoms with Crippen molar-refractivity contribution >= 4 is 5.97 Å². The second kappa shape index (κ2) is 8.62. The molecule has 4 heteroatoms. The molecule has 0 aliphatic heterocycles. The Morgan fingerprint density at radius 2 is 1.58 bits per heavy atom. The van der Waals surface area contributed by atoms with Gasteiger partial charge in [0.05, 0.1) is 13.0 Å². The fraction of sp³-hybridized carbons (Fsp3) is 0.350. The van der Waals surface area contributed by atoms with Gasteiger partial charge in [0.15, 0.2) is 0 Å². The number of aliphatic hydroxyl groups is 1. The van der Waals surface area contributed by atoms with Crippen molar-refractivity contribution in [3.63, 3.8) is 0 Å². The van der Waals surface area contributed by atoms with E-state index in [1.807, 2.05) is 55.5 Å². The van der Waals surface area contributed by atoms with Gasteiger partial charge in [0.25, 0.3) is 0 Å². The minimum Gasteiger partial charge on any atom is -0.466 e. The van der Waals surface area contributed by atoms with Crippen molar-refractivity contribution in [3.05, 3.63) is 71.8 Å². The summed E-state index contributed by atoms with van der Waals surface area (Å²) in [4.78, 5) is 12.1. The zero-order valence-corrected chi connectivity index (χ0v) is 14.1. The summed E-state index contributed by atoms with van der Waals surface area (Å²) in [6, 6.07) is 18.6. The molecule has 0 spiro atoms. The van der Waals surface area contributed by atoms with Gasteiger partial charge in [-0.2, -0.15) is 0 Å². The SMILES string of the molecule is CCOC(=O)C[C@](O)(c1ccccc1)[C@H](OCC)c1ccccc1. The third-order valence-electron chi connectivity index (χ3n) is 3.86. The van der Waals surface area contributed by atoms with Crippen LogP contribution < -0.4 is 0 Å². The lowest BCUT2D eigenvalue weighted by molar-refractivity contribution is -0.162. The number of benzene rings is 2. The van der Waals surface area contributed by atoms with E-state index in [0.29, 0.717) is 12.2 Å². The predicted molar refractivity (Wildman–Crippen MR) is 92.4 cm³/mol. The van der Waals surface area contributed by atoms with Crippen LogP contribution in [0.25, 0.3) is 0 Å². The Morgan fingerprint density at radius 3 is 2.12 bits per heavy atom. The summed E-state index contributed by atoms with van der Waals surface area (Å²) in [7, 11) is 0. The molecule has 0 amide bonds. The maximum Gasteiger partial charge on any atom is 0.309 e. The fourth-order valence-electron chi connectivity index (χ4n) is 2.81. The molecule has 0 radical (unpaired) electrons. The van der Waals surface area contributed by atoms with Gasteiger partial charge < -0.3 is 14.6 Å². The molecule has 0 aliphatic carbocycles. The molecule has 128 valence electrons. The van der Waals surface area contributed by atoms with Gasteiger partial charge in [-0.3, -0.25) is 4.79 Å². The highest BCUT2D eigenvalue weighted by Gasteiger charge is 2.42. The van der Waals surface area contributed by atoms with E-state index in [4.69, 9.17) is 9.47 Å². The van der Waals surface area contributed by atoms with Crippen molar-refractivity contribution in [1.29, 1.82) is 0 Å². The molecule has 0 heterocycles. The first-order valence-electron chi connectivity index (χ1n) is 8.21. The Morgan fingerprint density at radius 1 is 1.00 bits per heavy atom. The van der Waals surface area contributed by atoms with Crippen LogP contribution in [0.5, 0.6) is 0 Å². The number of carbonyl (C=O) groups is 1. The Hall–Kier alpha value is -2.17. The van der Waals surface area contributed by atoms with Crippen molar-refractivity contribution in [3.8, 4) is 0 Å². The fourth-order valence-corrected chi connectivity index (χ4v) is 2.81. The highest BCUT2D eigenvalue weighted by atomic mass is 16.5. The largest absolute Gasteiger partial charge is 0.466 e. The Labute approximate surface area is 143 Å². The van der Waals surface area contributed by atoms with Crippen LogP contribution in [-0.4, -0.2) is 24.3 Å². The highest BCUT2D eigenvalue weighted by molar-refractivity contribution is 5.71. The van der Waals surface area contributed by atoms with E-state index in [9.17, 15) is 9.90 Å². The van der Waals surface area contributed by atoms with Gasteiger partial charge in [-0.05, 0) is 25.0 Å². The Bertz CT molecular complexity index is 627. The van der Waals surface area contributed by atoms with Crippen LogP contribution >= 0.6 is 0 Å². The third-order valence-corrected chi connectivity index (χ3v) is 3.86. The van der Waals surface area contributed by atoms with Crippen molar-refractivity contribution < 1.29 is 19.4 Å². The lowest BCUT2D eigenvalue weighted by Crippen LogP contribution is -2.38. The number of rotatable bonds is 8. The van der Waals surface area contributed by atoms with Crippen LogP contribution in [0, 0.1) is 0 Å². The second-order valence-electron chi connectivity index (χ2n) is 5.52. The molecule has 24 heavy (non-hydrogen) atoms. The van der Waals surface area contributed by atoms with Crippen LogP contribution in [-0.2, 0) is 19.9 Å². The molecule has 0 fully saturated rings. The number of carbonyl (C=O) groups excluding carboxylic acids is 1. The van der Waals surface area contributed by atoms with Crippen molar-refractivity contribution in [2.75, 3.05) is 13.2 Å². The van der Waals surface area contributed by atoms with E-state index in [-0.39, 0.29) is 13.0 Å². The minimum atomic E-state index is -1.51. The maximum atomic E-state index is 12.1. The minimum absolute atomic E-state index is 0.176. The van der Waals surface area contributed by atoms with Crippen molar-refractivity contribution in [2.24, 2.45) is 0 Å². The van der Waals surface area contributed by atoms with Gasteiger partial charge in [0.2, 0.25) is 0 Å². The second-order valence-corrected chi connectivity index (χ2v) is 5.52. The first kappa shape index (κ1) is 18.2. The predicted octanol–water partition coefficient (Wildman–Crippen LogP) is 3.61. The zero-order valence-electron chi connectivity index (χ0n) is 14.1. The first-order chi connectivity index (χ1) is 11.6. The summed E-state index contributed by atoms with van der Waals surface area (Å²) in [6.45, 7) is 4.30. The van der Waals surface area contributed by atoms with Crippen molar-refractivity contribution in [2.45, 2.75) is 32.0 Å². The van der Waals surface area contributed by atoms with Crippen LogP contribution in [0.1, 0.15) is 37.5 Å². The van der Waals surface area contributed by atoms with Crippen LogP contribution in [0.15, 0.2) is 60.7 Å². The Kier molecular flexibility index (Phi) is 6.53. The third kappa shape index (κ3) is 4.22. The van der Waals surface area contributed by atoms with Gasteiger partial charge in [0.1, 0.15) is 11.7 Å². The molecule has 1 N–H and O–H groups in total. The van der Waals surface area contributed by atoms with E-state index in [2.05, 4.69) is 0 Å². The summed E-state index contributed by atoms with van der Waals surface area (Å²) < 4.78 is 10.9. The van der Waals surface area contributed by atoms with Gasteiger partial charge in [-0.15, -0.1) is 0 Å². The van der Waals surface area contributed by atoms with Gasteiger partial charge >= 0.3 is 5.97 Å². The molecule has 0 saturated carbocycles. The molecule has 2 rings (SSSR count). The number of hydrogen-bond donors (Lipinski definition) is 1. The van der Waals surface area contributed by atoms with Crippen molar-refractivity contribution in [1.82, 2.24) is 0 Å². The standard InChI is InChI=1S/C20H24O4/c1-3-23-18(21)15-20(22,17-13-9-6-10-14-17)19(24-4-2)16-11-7-5-8-12-16/h5-14,19,22H,3-4,15H2,1-2H3/t19-,20+/m1/s1. The van der Waals surface area contributed by atoms with Gasteiger partial charge in [-0.1, -0.05) is 60.7 Å². The summed E-state index contributed by atoms with van der Waals surface area (Å²) in [6.07, 6.45) is -0.847. The molecule has 4 nitrogen and oxygen atoms in total. The molecule has 2 aromatic carbocycles. The van der Waals surface area contributed by atoms with Gasteiger partial charge in [-0.25, -0.2) is 0 Å². The molecular formula is C20H24O4. The molecule has 0 aliphatic rings. The van der Waals surface area contributed by atoms with E-state index >= 15 is 0 Å². The maximum absolute atomic E-state index is 12.1. The molecule has 0 bridgehead atoms. The lowest BCUT2D eigenvalue weighted by atomic mass is 9.81. The number of hydrogen-bond acceptors (Lipinski definition) is 4. The zero-order chi connectivity index (χ0) is 17.4. The highest BCUT2D eigenvalue weighted by Crippen LogP contribution is 2.41. The monoisotopic (exact) mass is 328 g/mol. The quantitative estimate of drug-likeness (QED) is 0.752. The molecule has 0 saturated heterocycles. The molecule has 2 atom stereocenters.